The molecular formula is C16H12BrN3O4S. The van der Waals surface area contributed by atoms with Gasteiger partial charge < -0.3 is 9.15 Å². The van der Waals surface area contributed by atoms with E-state index in [-0.39, 0.29) is 5.69 Å². The standard InChI is InChI=1S/C16H12BrN3O4S/c17-12-6-4-11(5-7-12)15-18-19-16(24-15)25-9-8-23-14-3-1-2-13(10-14)20(21)22/h1-7,10H,8-9H2. The van der Waals surface area contributed by atoms with Gasteiger partial charge >= 0.3 is 0 Å². The number of nitro benzene ring substituents is 1. The van der Waals surface area contributed by atoms with Crippen molar-refractivity contribution in [1.29, 1.82) is 0 Å². The van der Waals surface area contributed by atoms with Crippen LogP contribution >= 0.6 is 27.7 Å². The molecule has 0 aliphatic heterocycles. The molecule has 0 aliphatic carbocycles. The van der Waals surface area contributed by atoms with Crippen LogP contribution in [0.4, 0.5) is 5.69 Å². The first-order chi connectivity index (χ1) is 12.1. The molecule has 0 radical (unpaired) electrons. The van der Waals surface area contributed by atoms with Gasteiger partial charge in [-0.2, -0.15) is 0 Å². The van der Waals surface area contributed by atoms with Crippen molar-refractivity contribution in [3.05, 3.63) is 63.1 Å². The van der Waals surface area contributed by atoms with E-state index in [1.54, 1.807) is 12.1 Å². The van der Waals surface area contributed by atoms with Crippen LogP contribution in [0.5, 0.6) is 5.75 Å². The highest BCUT2D eigenvalue weighted by atomic mass is 79.9. The summed E-state index contributed by atoms with van der Waals surface area (Å²) in [6.07, 6.45) is 0. The van der Waals surface area contributed by atoms with Crippen LogP contribution in [-0.2, 0) is 0 Å². The molecule has 1 heterocycles. The SMILES string of the molecule is O=[N+]([O-])c1cccc(OCCSc2nnc(-c3ccc(Br)cc3)o2)c1. The molecule has 128 valence electrons. The summed E-state index contributed by atoms with van der Waals surface area (Å²) in [6.45, 7) is 0.363. The van der Waals surface area contributed by atoms with E-state index in [0.717, 1.165) is 10.0 Å². The lowest BCUT2D eigenvalue weighted by molar-refractivity contribution is -0.384. The number of hydrogen-bond donors (Lipinski definition) is 0. The summed E-state index contributed by atoms with van der Waals surface area (Å²) in [5.41, 5.74) is 0.844. The Bertz CT molecular complexity index is 870. The van der Waals surface area contributed by atoms with Crippen LogP contribution in [0.2, 0.25) is 0 Å². The Balaban J connectivity index is 1.50. The van der Waals surface area contributed by atoms with E-state index >= 15 is 0 Å². The fourth-order valence-electron chi connectivity index (χ4n) is 1.95. The van der Waals surface area contributed by atoms with E-state index in [1.807, 2.05) is 24.3 Å². The Labute approximate surface area is 155 Å². The van der Waals surface area contributed by atoms with Gasteiger partial charge in [-0.15, -0.1) is 10.2 Å². The van der Waals surface area contributed by atoms with Gasteiger partial charge in [0, 0.05) is 21.9 Å². The highest BCUT2D eigenvalue weighted by Crippen LogP contribution is 2.25. The molecular weight excluding hydrogens is 410 g/mol. The van der Waals surface area contributed by atoms with Gasteiger partial charge in [0.1, 0.15) is 5.75 Å². The van der Waals surface area contributed by atoms with Gasteiger partial charge in [-0.25, -0.2) is 0 Å². The van der Waals surface area contributed by atoms with Gasteiger partial charge in [0.15, 0.2) is 0 Å². The molecule has 1 aromatic heterocycles. The first-order valence-corrected chi connectivity index (χ1v) is 8.99. The lowest BCUT2D eigenvalue weighted by Gasteiger charge is -2.04. The maximum absolute atomic E-state index is 10.7. The molecule has 0 N–H and O–H groups in total. The average molecular weight is 422 g/mol. The summed E-state index contributed by atoms with van der Waals surface area (Å²) in [5, 5.41) is 19.2. The minimum Gasteiger partial charge on any atom is -0.492 e. The molecule has 0 saturated carbocycles. The number of rotatable bonds is 7. The fourth-order valence-corrected chi connectivity index (χ4v) is 2.79. The van der Waals surface area contributed by atoms with E-state index < -0.39 is 4.92 Å². The van der Waals surface area contributed by atoms with Crippen molar-refractivity contribution in [3.8, 4) is 17.2 Å². The highest BCUT2D eigenvalue weighted by molar-refractivity contribution is 9.10. The zero-order valence-corrected chi connectivity index (χ0v) is 15.2. The molecule has 0 fully saturated rings. The number of nitrogens with zero attached hydrogens (tertiary/aromatic N) is 3. The van der Waals surface area contributed by atoms with Gasteiger partial charge in [0.25, 0.3) is 10.9 Å². The molecule has 0 saturated heterocycles. The van der Waals surface area contributed by atoms with Crippen molar-refractivity contribution in [2.24, 2.45) is 0 Å². The summed E-state index contributed by atoms with van der Waals surface area (Å²) in [7, 11) is 0. The molecule has 25 heavy (non-hydrogen) atoms. The van der Waals surface area contributed by atoms with Crippen molar-refractivity contribution in [2.75, 3.05) is 12.4 Å². The quantitative estimate of drug-likeness (QED) is 0.238. The monoisotopic (exact) mass is 421 g/mol. The van der Waals surface area contributed by atoms with E-state index in [4.69, 9.17) is 9.15 Å². The summed E-state index contributed by atoms with van der Waals surface area (Å²) in [6, 6.07) is 13.7. The third-order valence-electron chi connectivity index (χ3n) is 3.10. The Morgan fingerprint density at radius 1 is 1.20 bits per heavy atom. The lowest BCUT2D eigenvalue weighted by Crippen LogP contribution is -2.00. The second kappa shape index (κ2) is 8.13. The Morgan fingerprint density at radius 2 is 2.00 bits per heavy atom. The molecule has 9 heteroatoms. The Kier molecular flexibility index (Phi) is 5.67. The van der Waals surface area contributed by atoms with E-state index in [9.17, 15) is 10.1 Å². The van der Waals surface area contributed by atoms with Crippen LogP contribution in [0.15, 0.2) is 62.6 Å². The minimum atomic E-state index is -0.455. The number of aromatic nitrogens is 2. The van der Waals surface area contributed by atoms with Crippen molar-refractivity contribution >= 4 is 33.4 Å². The highest BCUT2D eigenvalue weighted by Gasteiger charge is 2.10. The van der Waals surface area contributed by atoms with Gasteiger partial charge in [-0.3, -0.25) is 10.1 Å². The molecule has 3 rings (SSSR count). The first-order valence-electron chi connectivity index (χ1n) is 7.21. The number of non-ortho nitro benzene ring substituents is 1. The molecule has 0 atom stereocenters. The number of ether oxygens (including phenoxy) is 1. The molecule has 0 spiro atoms. The van der Waals surface area contributed by atoms with Gasteiger partial charge in [0.05, 0.1) is 17.6 Å². The van der Waals surface area contributed by atoms with Crippen LogP contribution in [0, 0.1) is 10.1 Å². The molecule has 0 bridgehead atoms. The topological polar surface area (TPSA) is 91.3 Å². The van der Waals surface area contributed by atoms with E-state index in [2.05, 4.69) is 26.1 Å². The zero-order valence-electron chi connectivity index (χ0n) is 12.8. The van der Waals surface area contributed by atoms with Crippen molar-refractivity contribution in [1.82, 2.24) is 10.2 Å². The summed E-state index contributed by atoms with van der Waals surface area (Å²) >= 11 is 4.74. The number of thioether (sulfide) groups is 1. The van der Waals surface area contributed by atoms with Gasteiger partial charge in [0.2, 0.25) is 5.89 Å². The molecule has 0 unspecified atom stereocenters. The smallest absolute Gasteiger partial charge is 0.276 e. The number of halogens is 1. The molecule has 3 aromatic rings. The summed E-state index contributed by atoms with van der Waals surface area (Å²) in [5.74, 6) is 1.48. The zero-order chi connectivity index (χ0) is 17.6. The van der Waals surface area contributed by atoms with Crippen LogP contribution < -0.4 is 4.74 Å². The average Bonchev–Trinajstić information content (AvgIpc) is 3.08. The van der Waals surface area contributed by atoms with Crippen molar-refractivity contribution < 1.29 is 14.1 Å². The maximum atomic E-state index is 10.7. The minimum absolute atomic E-state index is 0.00111. The fraction of sp³-hybridized carbons (Fsp3) is 0.125. The first kappa shape index (κ1) is 17.4. The maximum Gasteiger partial charge on any atom is 0.276 e. The van der Waals surface area contributed by atoms with E-state index in [0.29, 0.717) is 29.2 Å². The Morgan fingerprint density at radius 3 is 2.76 bits per heavy atom. The molecule has 0 amide bonds. The Hall–Kier alpha value is -2.39. The third kappa shape index (κ3) is 4.80. The predicted molar refractivity (Wildman–Crippen MR) is 96.7 cm³/mol. The number of nitro groups is 1. The largest absolute Gasteiger partial charge is 0.492 e. The normalized spacial score (nSPS) is 10.6. The number of benzene rings is 2. The molecule has 0 aliphatic rings. The van der Waals surface area contributed by atoms with Crippen LogP contribution in [0.3, 0.4) is 0 Å². The summed E-state index contributed by atoms with van der Waals surface area (Å²) < 4.78 is 12.1. The predicted octanol–water partition coefficient (Wildman–Crippen LogP) is 4.58. The third-order valence-corrected chi connectivity index (χ3v) is 4.42. The molecule has 7 nitrogen and oxygen atoms in total. The van der Waals surface area contributed by atoms with Gasteiger partial charge in [-0.05, 0) is 30.3 Å². The van der Waals surface area contributed by atoms with Crippen LogP contribution in [0.1, 0.15) is 0 Å². The van der Waals surface area contributed by atoms with Crippen LogP contribution in [0.25, 0.3) is 11.5 Å². The van der Waals surface area contributed by atoms with Crippen molar-refractivity contribution in [2.45, 2.75) is 5.22 Å². The number of hydrogen-bond acceptors (Lipinski definition) is 7. The van der Waals surface area contributed by atoms with Gasteiger partial charge in [-0.1, -0.05) is 33.8 Å². The summed E-state index contributed by atoms with van der Waals surface area (Å²) in [4.78, 5) is 10.3. The second-order valence-electron chi connectivity index (χ2n) is 4.83. The molecule has 2 aromatic carbocycles. The lowest BCUT2D eigenvalue weighted by atomic mass is 10.2. The van der Waals surface area contributed by atoms with Crippen LogP contribution in [-0.4, -0.2) is 27.5 Å². The van der Waals surface area contributed by atoms with Crippen molar-refractivity contribution in [3.63, 3.8) is 0 Å². The second-order valence-corrected chi connectivity index (χ2v) is 6.79. The van der Waals surface area contributed by atoms with E-state index in [1.165, 1.54) is 23.9 Å².